The van der Waals surface area contributed by atoms with Crippen molar-refractivity contribution in [3.05, 3.63) is 0 Å². The summed E-state index contributed by atoms with van der Waals surface area (Å²) in [6.07, 6.45) is 2.71. The predicted octanol–water partition coefficient (Wildman–Crippen LogP) is 1.46. The van der Waals surface area contributed by atoms with Crippen molar-refractivity contribution in [3.63, 3.8) is 0 Å². The van der Waals surface area contributed by atoms with Crippen molar-refractivity contribution in [3.8, 4) is 0 Å². The van der Waals surface area contributed by atoms with Gasteiger partial charge in [-0.3, -0.25) is 4.79 Å². The molecule has 0 radical (unpaired) electrons. The lowest BCUT2D eigenvalue weighted by molar-refractivity contribution is -0.149. The van der Waals surface area contributed by atoms with Crippen molar-refractivity contribution >= 4 is 5.97 Å². The molecule has 0 saturated heterocycles. The Bertz CT molecular complexity index is 143. The summed E-state index contributed by atoms with van der Waals surface area (Å²) in [6, 6.07) is 0. The average Bonchev–Trinajstić information content (AvgIpc) is 2.01. The van der Waals surface area contributed by atoms with E-state index in [1.165, 1.54) is 0 Å². The molecule has 0 aromatic carbocycles. The zero-order chi connectivity index (χ0) is 9.61. The van der Waals surface area contributed by atoms with E-state index in [9.17, 15) is 4.79 Å². The molecule has 0 bridgehead atoms. The molecule has 0 heterocycles. The fourth-order valence-electron chi connectivity index (χ4n) is 0.942. The van der Waals surface area contributed by atoms with E-state index in [0.29, 0.717) is 13.0 Å². The molecule has 72 valence electrons. The Morgan fingerprint density at radius 1 is 1.50 bits per heavy atom. The molecular weight excluding hydrogens is 154 g/mol. The fraction of sp³-hybridized carbons (Fsp3) is 0.889. The van der Waals surface area contributed by atoms with Gasteiger partial charge in [-0.15, -0.1) is 0 Å². The molecule has 3 heteroatoms. The summed E-state index contributed by atoms with van der Waals surface area (Å²) < 4.78 is 4.84. The van der Waals surface area contributed by atoms with Gasteiger partial charge < -0.3 is 10.5 Å². The standard InChI is InChI=1S/C9H19NO2/c1-4-6-7-9(3,10)8(11)12-5-2/h4-7,10H2,1-3H3. The summed E-state index contributed by atoms with van der Waals surface area (Å²) in [6.45, 7) is 5.98. The average molecular weight is 173 g/mol. The van der Waals surface area contributed by atoms with Crippen molar-refractivity contribution in [2.45, 2.75) is 45.6 Å². The van der Waals surface area contributed by atoms with Crippen LogP contribution in [0.4, 0.5) is 0 Å². The third-order valence-corrected chi connectivity index (χ3v) is 1.79. The maximum absolute atomic E-state index is 11.2. The molecule has 0 spiro atoms. The minimum Gasteiger partial charge on any atom is -0.465 e. The smallest absolute Gasteiger partial charge is 0.325 e. The zero-order valence-corrected chi connectivity index (χ0v) is 8.22. The number of hydrogen-bond donors (Lipinski definition) is 1. The molecular formula is C9H19NO2. The summed E-state index contributed by atoms with van der Waals surface area (Å²) >= 11 is 0. The normalized spacial score (nSPS) is 15.3. The third kappa shape index (κ3) is 3.72. The summed E-state index contributed by atoms with van der Waals surface area (Å²) in [5.74, 6) is -0.293. The number of esters is 1. The lowest BCUT2D eigenvalue weighted by atomic mass is 9.97. The van der Waals surface area contributed by atoms with Crippen LogP contribution in [0.15, 0.2) is 0 Å². The van der Waals surface area contributed by atoms with Crippen LogP contribution in [0.2, 0.25) is 0 Å². The van der Waals surface area contributed by atoms with E-state index in [1.54, 1.807) is 13.8 Å². The Labute approximate surface area is 74.3 Å². The molecule has 0 fully saturated rings. The van der Waals surface area contributed by atoms with E-state index in [-0.39, 0.29) is 5.97 Å². The van der Waals surface area contributed by atoms with E-state index in [0.717, 1.165) is 12.8 Å². The molecule has 2 N–H and O–H groups in total. The second kappa shape index (κ2) is 5.14. The molecule has 0 aliphatic heterocycles. The van der Waals surface area contributed by atoms with Gasteiger partial charge >= 0.3 is 5.97 Å². The monoisotopic (exact) mass is 173 g/mol. The van der Waals surface area contributed by atoms with Crippen LogP contribution in [-0.2, 0) is 9.53 Å². The van der Waals surface area contributed by atoms with Gasteiger partial charge in [0.25, 0.3) is 0 Å². The molecule has 12 heavy (non-hydrogen) atoms. The Hall–Kier alpha value is -0.570. The Balaban J connectivity index is 3.90. The van der Waals surface area contributed by atoms with Gasteiger partial charge in [0.2, 0.25) is 0 Å². The molecule has 0 rings (SSSR count). The highest BCUT2D eigenvalue weighted by molar-refractivity contribution is 5.79. The molecule has 0 aliphatic carbocycles. The Kier molecular flexibility index (Phi) is 4.90. The topological polar surface area (TPSA) is 52.3 Å². The highest BCUT2D eigenvalue weighted by Crippen LogP contribution is 2.12. The van der Waals surface area contributed by atoms with Gasteiger partial charge in [0.1, 0.15) is 5.54 Å². The van der Waals surface area contributed by atoms with Crippen LogP contribution in [0.5, 0.6) is 0 Å². The largest absolute Gasteiger partial charge is 0.465 e. The minimum absolute atomic E-state index is 0.293. The van der Waals surface area contributed by atoms with Gasteiger partial charge in [0.05, 0.1) is 6.61 Å². The zero-order valence-electron chi connectivity index (χ0n) is 8.22. The van der Waals surface area contributed by atoms with E-state index in [1.807, 2.05) is 0 Å². The number of unbranched alkanes of at least 4 members (excludes halogenated alkanes) is 1. The summed E-state index contributed by atoms with van der Waals surface area (Å²) in [5, 5.41) is 0. The maximum Gasteiger partial charge on any atom is 0.325 e. The first-order valence-corrected chi connectivity index (χ1v) is 4.50. The van der Waals surface area contributed by atoms with E-state index >= 15 is 0 Å². The third-order valence-electron chi connectivity index (χ3n) is 1.79. The van der Waals surface area contributed by atoms with Crippen LogP contribution >= 0.6 is 0 Å². The number of ether oxygens (including phenoxy) is 1. The quantitative estimate of drug-likeness (QED) is 0.640. The number of carbonyl (C=O) groups excluding carboxylic acids is 1. The molecule has 0 amide bonds. The molecule has 0 aromatic rings. The summed E-state index contributed by atoms with van der Waals surface area (Å²) in [4.78, 5) is 11.2. The fourth-order valence-corrected chi connectivity index (χ4v) is 0.942. The first-order chi connectivity index (χ1) is 5.54. The summed E-state index contributed by atoms with van der Waals surface area (Å²) in [7, 11) is 0. The first kappa shape index (κ1) is 11.4. The SMILES string of the molecule is CCCCC(C)(N)C(=O)OCC. The molecule has 1 atom stereocenters. The first-order valence-electron chi connectivity index (χ1n) is 4.50. The molecule has 0 saturated carbocycles. The van der Waals surface area contributed by atoms with Crippen molar-refractivity contribution in [2.24, 2.45) is 5.73 Å². The van der Waals surface area contributed by atoms with Crippen LogP contribution in [-0.4, -0.2) is 18.1 Å². The Morgan fingerprint density at radius 2 is 2.08 bits per heavy atom. The second-order valence-corrected chi connectivity index (χ2v) is 3.24. The van der Waals surface area contributed by atoms with E-state index in [2.05, 4.69) is 6.92 Å². The number of rotatable bonds is 5. The van der Waals surface area contributed by atoms with Crippen molar-refractivity contribution < 1.29 is 9.53 Å². The van der Waals surface area contributed by atoms with E-state index in [4.69, 9.17) is 10.5 Å². The molecule has 0 aromatic heterocycles. The maximum atomic E-state index is 11.2. The van der Waals surface area contributed by atoms with Gasteiger partial charge in [-0.25, -0.2) is 0 Å². The van der Waals surface area contributed by atoms with Gasteiger partial charge in [-0.05, 0) is 20.3 Å². The highest BCUT2D eigenvalue weighted by Gasteiger charge is 2.28. The molecule has 3 nitrogen and oxygen atoms in total. The van der Waals surface area contributed by atoms with Crippen LogP contribution in [0.1, 0.15) is 40.0 Å². The number of carbonyl (C=O) groups is 1. The molecule has 0 aliphatic rings. The van der Waals surface area contributed by atoms with Gasteiger partial charge in [0.15, 0.2) is 0 Å². The van der Waals surface area contributed by atoms with Crippen LogP contribution in [0, 0.1) is 0 Å². The highest BCUT2D eigenvalue weighted by atomic mass is 16.5. The van der Waals surface area contributed by atoms with E-state index < -0.39 is 5.54 Å². The van der Waals surface area contributed by atoms with Crippen molar-refractivity contribution in [2.75, 3.05) is 6.61 Å². The van der Waals surface area contributed by atoms with Crippen LogP contribution < -0.4 is 5.73 Å². The predicted molar refractivity (Wildman–Crippen MR) is 48.8 cm³/mol. The molecule has 1 unspecified atom stereocenters. The Morgan fingerprint density at radius 3 is 2.50 bits per heavy atom. The van der Waals surface area contributed by atoms with Gasteiger partial charge in [0, 0.05) is 0 Å². The van der Waals surface area contributed by atoms with Crippen molar-refractivity contribution in [1.29, 1.82) is 0 Å². The lowest BCUT2D eigenvalue weighted by Gasteiger charge is -2.21. The van der Waals surface area contributed by atoms with Crippen LogP contribution in [0.3, 0.4) is 0 Å². The lowest BCUT2D eigenvalue weighted by Crippen LogP contribution is -2.46. The number of nitrogens with two attached hydrogens (primary N) is 1. The van der Waals surface area contributed by atoms with Gasteiger partial charge in [-0.1, -0.05) is 19.8 Å². The van der Waals surface area contributed by atoms with Crippen LogP contribution in [0.25, 0.3) is 0 Å². The summed E-state index contributed by atoms with van der Waals surface area (Å²) in [5.41, 5.74) is 4.96. The number of hydrogen-bond acceptors (Lipinski definition) is 3. The van der Waals surface area contributed by atoms with Gasteiger partial charge in [-0.2, -0.15) is 0 Å². The van der Waals surface area contributed by atoms with Crippen molar-refractivity contribution in [1.82, 2.24) is 0 Å². The minimum atomic E-state index is -0.800. The second-order valence-electron chi connectivity index (χ2n) is 3.24.